The van der Waals surface area contributed by atoms with Gasteiger partial charge in [-0.3, -0.25) is 4.79 Å². The molecule has 1 aromatic heterocycles. The summed E-state index contributed by atoms with van der Waals surface area (Å²) >= 11 is 14.7. The van der Waals surface area contributed by atoms with Crippen molar-refractivity contribution in [2.45, 2.75) is 18.1 Å². The van der Waals surface area contributed by atoms with Crippen molar-refractivity contribution in [3.05, 3.63) is 20.3 Å². The summed E-state index contributed by atoms with van der Waals surface area (Å²) in [5, 5.41) is 0.528. The molecule has 0 amide bonds. The van der Waals surface area contributed by atoms with Crippen LogP contribution in [0.25, 0.3) is 0 Å². The number of Topliss-reactive ketones (excluding diaryl/α,β-unsaturated/α-hetero) is 1. The Morgan fingerprint density at radius 3 is 2.76 bits per heavy atom. The number of hydrogen-bond acceptors (Lipinski definition) is 4. The lowest BCUT2D eigenvalue weighted by Crippen LogP contribution is -2.19. The number of carbonyl (C=O) groups excluding carboxylic acids is 1. The van der Waals surface area contributed by atoms with E-state index in [1.807, 2.05) is 0 Å². The van der Waals surface area contributed by atoms with E-state index < -0.39 is 0 Å². The van der Waals surface area contributed by atoms with E-state index in [0.717, 1.165) is 26.1 Å². The zero-order valence-electron chi connectivity index (χ0n) is 9.08. The highest BCUT2D eigenvalue weighted by atomic mass is 35.5. The molecular weight excluding hydrogens is 299 g/mol. The average molecular weight is 311 g/mol. The Hall–Kier alpha value is 0.260. The lowest BCUT2D eigenvalue weighted by Gasteiger charge is -2.20. The lowest BCUT2D eigenvalue weighted by atomic mass is 10.2. The highest BCUT2D eigenvalue weighted by molar-refractivity contribution is 8.00. The van der Waals surface area contributed by atoms with Crippen LogP contribution in [-0.2, 0) is 4.74 Å². The van der Waals surface area contributed by atoms with Gasteiger partial charge in [0.2, 0.25) is 0 Å². The van der Waals surface area contributed by atoms with Crippen LogP contribution in [0.3, 0.4) is 0 Å². The van der Waals surface area contributed by atoms with Crippen LogP contribution in [0, 0.1) is 0 Å². The Bertz CT molecular complexity index is 400. The van der Waals surface area contributed by atoms with Gasteiger partial charge in [0, 0.05) is 24.0 Å². The van der Waals surface area contributed by atoms with Crippen LogP contribution in [0.15, 0.2) is 6.07 Å². The molecule has 6 heteroatoms. The van der Waals surface area contributed by atoms with E-state index in [0.29, 0.717) is 25.2 Å². The largest absolute Gasteiger partial charge is 0.381 e. The van der Waals surface area contributed by atoms with Crippen molar-refractivity contribution in [3.8, 4) is 0 Å². The first-order chi connectivity index (χ1) is 8.16. The van der Waals surface area contributed by atoms with Gasteiger partial charge in [0.05, 0.1) is 10.1 Å². The molecule has 94 valence electrons. The van der Waals surface area contributed by atoms with Crippen LogP contribution in [0.5, 0.6) is 0 Å². The van der Waals surface area contributed by atoms with Gasteiger partial charge < -0.3 is 4.74 Å². The van der Waals surface area contributed by atoms with Gasteiger partial charge in [-0.05, 0) is 18.9 Å². The predicted molar refractivity (Wildman–Crippen MR) is 75.0 cm³/mol. The van der Waals surface area contributed by atoms with Crippen LogP contribution in [0.2, 0.25) is 8.67 Å². The molecule has 1 aliphatic rings. The molecule has 2 nitrogen and oxygen atoms in total. The van der Waals surface area contributed by atoms with Gasteiger partial charge in [0.25, 0.3) is 0 Å². The molecule has 1 aliphatic heterocycles. The second-order valence-corrected chi connectivity index (χ2v) is 7.36. The number of hydrogen-bond donors (Lipinski definition) is 0. The first kappa shape index (κ1) is 13.7. The monoisotopic (exact) mass is 310 g/mol. The summed E-state index contributed by atoms with van der Waals surface area (Å²) in [6.45, 7) is 1.60. The summed E-state index contributed by atoms with van der Waals surface area (Å²) in [5.74, 6) is 0.534. The van der Waals surface area contributed by atoms with Crippen molar-refractivity contribution in [2.24, 2.45) is 0 Å². The smallest absolute Gasteiger partial charge is 0.175 e. The second-order valence-electron chi connectivity index (χ2n) is 3.78. The Balaban J connectivity index is 1.86. The fraction of sp³-hybridized carbons (Fsp3) is 0.545. The summed E-state index contributed by atoms with van der Waals surface area (Å²) in [7, 11) is 0. The Morgan fingerprint density at radius 2 is 2.18 bits per heavy atom. The Morgan fingerprint density at radius 1 is 1.47 bits per heavy atom. The lowest BCUT2D eigenvalue weighted by molar-refractivity contribution is 0.0988. The molecule has 0 unspecified atom stereocenters. The zero-order chi connectivity index (χ0) is 12.3. The van der Waals surface area contributed by atoms with E-state index in [9.17, 15) is 4.79 Å². The summed E-state index contributed by atoms with van der Waals surface area (Å²) in [4.78, 5) is 11.9. The third-order valence-corrected chi connectivity index (χ3v) is 5.43. The molecule has 0 saturated carbocycles. The molecule has 0 N–H and O–H groups in total. The number of ether oxygens (including phenoxy) is 1. The fourth-order valence-corrected chi connectivity index (χ4v) is 4.21. The zero-order valence-corrected chi connectivity index (χ0v) is 12.2. The number of ketones is 1. The number of halogens is 2. The second kappa shape index (κ2) is 6.43. The molecule has 2 heterocycles. The maximum Gasteiger partial charge on any atom is 0.175 e. The molecule has 0 aromatic carbocycles. The first-order valence-corrected chi connectivity index (χ1v) is 7.96. The number of rotatable bonds is 4. The van der Waals surface area contributed by atoms with E-state index >= 15 is 0 Å². The fourth-order valence-electron chi connectivity index (χ4n) is 1.64. The molecule has 0 atom stereocenters. The highest BCUT2D eigenvalue weighted by Crippen LogP contribution is 2.32. The standard InChI is InChI=1S/C11H12Cl2O2S2/c12-10-5-8(11(13)17-10)9(14)6-16-7-1-3-15-4-2-7/h5,7H,1-4,6H2. The van der Waals surface area contributed by atoms with Crippen molar-refractivity contribution in [1.82, 2.24) is 0 Å². The molecule has 0 aliphatic carbocycles. The number of thiophene rings is 1. The van der Waals surface area contributed by atoms with Crippen LogP contribution >= 0.6 is 46.3 Å². The molecule has 2 rings (SSSR count). The summed E-state index contributed by atoms with van der Waals surface area (Å²) in [5.41, 5.74) is 0.557. The topological polar surface area (TPSA) is 26.3 Å². The van der Waals surface area contributed by atoms with Gasteiger partial charge >= 0.3 is 0 Å². The molecule has 0 radical (unpaired) electrons. The molecular formula is C11H12Cl2O2S2. The van der Waals surface area contributed by atoms with Crippen molar-refractivity contribution in [1.29, 1.82) is 0 Å². The van der Waals surface area contributed by atoms with E-state index in [1.54, 1.807) is 17.8 Å². The molecule has 1 saturated heterocycles. The quantitative estimate of drug-likeness (QED) is 0.781. The van der Waals surface area contributed by atoms with Crippen LogP contribution in [-0.4, -0.2) is 30.0 Å². The minimum atomic E-state index is 0.0645. The molecule has 1 fully saturated rings. The molecule has 0 spiro atoms. The first-order valence-electron chi connectivity index (χ1n) is 5.34. The SMILES string of the molecule is O=C(CSC1CCOCC1)c1cc(Cl)sc1Cl. The van der Waals surface area contributed by atoms with Gasteiger partial charge in [-0.15, -0.1) is 11.3 Å². The summed E-state index contributed by atoms with van der Waals surface area (Å²) in [6.07, 6.45) is 2.05. The van der Waals surface area contributed by atoms with E-state index in [2.05, 4.69) is 0 Å². The van der Waals surface area contributed by atoms with Crippen molar-refractivity contribution < 1.29 is 9.53 Å². The van der Waals surface area contributed by atoms with E-state index in [-0.39, 0.29) is 5.78 Å². The third kappa shape index (κ3) is 3.86. The van der Waals surface area contributed by atoms with Gasteiger partial charge in [0.15, 0.2) is 5.78 Å². The van der Waals surface area contributed by atoms with Gasteiger partial charge in [-0.25, -0.2) is 0 Å². The van der Waals surface area contributed by atoms with Crippen molar-refractivity contribution >= 4 is 52.1 Å². The Labute approximate surface area is 119 Å². The van der Waals surface area contributed by atoms with Crippen LogP contribution in [0.1, 0.15) is 23.2 Å². The minimum Gasteiger partial charge on any atom is -0.381 e. The van der Waals surface area contributed by atoms with Crippen molar-refractivity contribution in [2.75, 3.05) is 19.0 Å². The van der Waals surface area contributed by atoms with Crippen molar-refractivity contribution in [3.63, 3.8) is 0 Å². The van der Waals surface area contributed by atoms with E-state index in [4.69, 9.17) is 27.9 Å². The Kier molecular flexibility index (Phi) is 5.18. The summed E-state index contributed by atoms with van der Waals surface area (Å²) in [6, 6.07) is 1.65. The average Bonchev–Trinajstić information content (AvgIpc) is 2.67. The predicted octanol–water partition coefficient (Wildman–Crippen LogP) is 4.15. The number of carbonyl (C=O) groups is 1. The maximum atomic E-state index is 11.9. The van der Waals surface area contributed by atoms with Crippen LogP contribution in [0.4, 0.5) is 0 Å². The highest BCUT2D eigenvalue weighted by Gasteiger charge is 2.18. The molecule has 0 bridgehead atoms. The van der Waals surface area contributed by atoms with E-state index in [1.165, 1.54) is 11.3 Å². The number of thioether (sulfide) groups is 1. The van der Waals surface area contributed by atoms with Gasteiger partial charge in [0.1, 0.15) is 4.34 Å². The normalized spacial score (nSPS) is 17.3. The maximum absolute atomic E-state index is 11.9. The minimum absolute atomic E-state index is 0.0645. The third-order valence-electron chi connectivity index (χ3n) is 2.58. The summed E-state index contributed by atoms with van der Waals surface area (Å²) < 4.78 is 6.34. The van der Waals surface area contributed by atoms with Gasteiger partial charge in [-0.1, -0.05) is 23.2 Å². The van der Waals surface area contributed by atoms with Gasteiger partial charge in [-0.2, -0.15) is 11.8 Å². The molecule has 17 heavy (non-hydrogen) atoms. The van der Waals surface area contributed by atoms with Crippen LogP contribution < -0.4 is 0 Å². The molecule has 1 aromatic rings.